The van der Waals surface area contributed by atoms with Crippen LogP contribution in [0.4, 0.5) is 5.69 Å². The molecule has 1 aromatic rings. The molecule has 8 heteroatoms. The van der Waals surface area contributed by atoms with Gasteiger partial charge in [-0.2, -0.15) is 0 Å². The van der Waals surface area contributed by atoms with Gasteiger partial charge < -0.3 is 15.2 Å². The van der Waals surface area contributed by atoms with Gasteiger partial charge in [-0.3, -0.25) is 14.9 Å². The molecule has 0 radical (unpaired) electrons. The molecule has 0 aliphatic rings. The van der Waals surface area contributed by atoms with Crippen molar-refractivity contribution < 1.29 is 19.6 Å². The summed E-state index contributed by atoms with van der Waals surface area (Å²) in [6.45, 7) is 1.70. The van der Waals surface area contributed by atoms with Crippen molar-refractivity contribution in [1.82, 2.24) is 5.32 Å². The maximum Gasteiger partial charge on any atom is 0.323 e. The average Bonchev–Trinajstić information content (AvgIpc) is 2.43. The van der Waals surface area contributed by atoms with Gasteiger partial charge in [0.2, 0.25) is 5.75 Å². The summed E-state index contributed by atoms with van der Waals surface area (Å²) < 4.78 is 5.35. The molecule has 7 nitrogen and oxygen atoms in total. The van der Waals surface area contributed by atoms with Gasteiger partial charge in [-0.1, -0.05) is 17.7 Å². The SMILES string of the molecule is CNC(C)(CCCOc1c(Cl)cccc1[N+](=O)[O-])C(=O)O. The van der Waals surface area contributed by atoms with Gasteiger partial charge >= 0.3 is 11.7 Å². The molecule has 0 amide bonds. The molecule has 0 aliphatic heterocycles. The van der Waals surface area contributed by atoms with Gasteiger partial charge in [0.05, 0.1) is 16.6 Å². The van der Waals surface area contributed by atoms with E-state index < -0.39 is 16.4 Å². The summed E-state index contributed by atoms with van der Waals surface area (Å²) in [4.78, 5) is 21.4. The molecule has 1 rings (SSSR count). The fraction of sp³-hybridized carbons (Fsp3) is 0.462. The Morgan fingerprint density at radius 1 is 1.57 bits per heavy atom. The molecule has 116 valence electrons. The van der Waals surface area contributed by atoms with E-state index >= 15 is 0 Å². The van der Waals surface area contributed by atoms with Crippen molar-refractivity contribution >= 4 is 23.3 Å². The van der Waals surface area contributed by atoms with Crippen LogP contribution in [0.1, 0.15) is 19.8 Å². The highest BCUT2D eigenvalue weighted by Crippen LogP contribution is 2.34. The standard InChI is InChI=1S/C13H17ClN2O5/c1-13(15-2,12(17)18)7-4-8-21-11-9(14)5-3-6-10(11)16(19)20/h3,5-6,15H,4,7-8H2,1-2H3,(H,17,18). The number of nitrogens with one attached hydrogen (secondary N) is 1. The summed E-state index contributed by atoms with van der Waals surface area (Å²) in [6, 6.07) is 4.27. The molecule has 0 aliphatic carbocycles. The molecule has 0 aromatic heterocycles. The zero-order chi connectivity index (χ0) is 16.0. The second-order valence-corrected chi connectivity index (χ2v) is 5.09. The molecule has 2 N–H and O–H groups in total. The van der Waals surface area contributed by atoms with E-state index in [1.807, 2.05) is 0 Å². The van der Waals surface area contributed by atoms with Crippen LogP contribution in [-0.4, -0.2) is 35.2 Å². The number of para-hydroxylation sites is 1. The fourth-order valence-electron chi connectivity index (χ4n) is 1.72. The number of carboxylic acids is 1. The Hall–Kier alpha value is -1.86. The molecular weight excluding hydrogens is 300 g/mol. The molecule has 0 saturated heterocycles. The first-order chi connectivity index (χ1) is 9.81. The Bertz CT molecular complexity index is 537. The topological polar surface area (TPSA) is 102 Å². The minimum absolute atomic E-state index is 0.00523. The monoisotopic (exact) mass is 316 g/mol. The van der Waals surface area contributed by atoms with Crippen LogP contribution in [0.15, 0.2) is 18.2 Å². The van der Waals surface area contributed by atoms with E-state index in [0.717, 1.165) is 0 Å². The van der Waals surface area contributed by atoms with Crippen molar-refractivity contribution in [3.63, 3.8) is 0 Å². The Morgan fingerprint density at radius 2 is 2.24 bits per heavy atom. The van der Waals surface area contributed by atoms with E-state index in [4.69, 9.17) is 21.4 Å². The number of hydrogen-bond acceptors (Lipinski definition) is 5. The molecule has 0 fully saturated rings. The smallest absolute Gasteiger partial charge is 0.323 e. The van der Waals surface area contributed by atoms with E-state index in [1.165, 1.54) is 18.2 Å². The molecule has 1 atom stereocenters. The van der Waals surface area contributed by atoms with Crippen molar-refractivity contribution in [1.29, 1.82) is 0 Å². The molecule has 0 bridgehead atoms. The first-order valence-electron chi connectivity index (χ1n) is 6.30. The van der Waals surface area contributed by atoms with Gasteiger partial charge in [0.25, 0.3) is 0 Å². The van der Waals surface area contributed by atoms with Crippen LogP contribution < -0.4 is 10.1 Å². The summed E-state index contributed by atoms with van der Waals surface area (Å²) >= 11 is 5.88. The Morgan fingerprint density at radius 3 is 2.76 bits per heavy atom. The van der Waals surface area contributed by atoms with Gasteiger partial charge in [0.1, 0.15) is 5.54 Å². The van der Waals surface area contributed by atoms with E-state index in [2.05, 4.69) is 5.32 Å². The lowest BCUT2D eigenvalue weighted by atomic mass is 9.96. The first-order valence-corrected chi connectivity index (χ1v) is 6.67. The third-order valence-corrected chi connectivity index (χ3v) is 3.53. The number of likely N-dealkylation sites (N-methyl/N-ethyl adjacent to an activating group) is 1. The minimum atomic E-state index is -1.06. The third-order valence-electron chi connectivity index (χ3n) is 3.23. The molecule has 0 spiro atoms. The number of carbonyl (C=O) groups is 1. The van der Waals surface area contributed by atoms with Crippen molar-refractivity contribution in [3.8, 4) is 5.75 Å². The van der Waals surface area contributed by atoms with Gasteiger partial charge in [0, 0.05) is 6.07 Å². The van der Waals surface area contributed by atoms with Gasteiger partial charge in [-0.05, 0) is 32.9 Å². The Kier molecular flexibility index (Phi) is 5.92. The lowest BCUT2D eigenvalue weighted by Crippen LogP contribution is -2.47. The van der Waals surface area contributed by atoms with Crippen LogP contribution in [0, 0.1) is 10.1 Å². The fourth-order valence-corrected chi connectivity index (χ4v) is 1.95. The lowest BCUT2D eigenvalue weighted by Gasteiger charge is -2.23. The van der Waals surface area contributed by atoms with E-state index in [-0.39, 0.29) is 23.1 Å². The zero-order valence-electron chi connectivity index (χ0n) is 11.8. The van der Waals surface area contributed by atoms with Crippen LogP contribution in [-0.2, 0) is 4.79 Å². The predicted molar refractivity (Wildman–Crippen MR) is 77.9 cm³/mol. The summed E-state index contributed by atoms with van der Waals surface area (Å²) in [5, 5.41) is 22.9. The molecule has 1 unspecified atom stereocenters. The van der Waals surface area contributed by atoms with Crippen molar-refractivity contribution in [3.05, 3.63) is 33.3 Å². The Labute approximate surface area is 127 Å². The Balaban J connectivity index is 2.65. The van der Waals surface area contributed by atoms with Crippen molar-refractivity contribution in [2.45, 2.75) is 25.3 Å². The second kappa shape index (κ2) is 7.24. The number of benzene rings is 1. The van der Waals surface area contributed by atoms with Crippen LogP contribution in [0.3, 0.4) is 0 Å². The number of rotatable bonds is 8. The molecule has 21 heavy (non-hydrogen) atoms. The number of halogens is 1. The second-order valence-electron chi connectivity index (χ2n) is 4.68. The summed E-state index contributed by atoms with van der Waals surface area (Å²) in [5.74, 6) is -0.959. The first kappa shape index (κ1) is 17.2. The minimum Gasteiger partial charge on any atom is -0.486 e. The predicted octanol–water partition coefficient (Wildman–Crippen LogP) is 2.47. The molecule has 0 saturated carbocycles. The van der Waals surface area contributed by atoms with Gasteiger partial charge in [-0.15, -0.1) is 0 Å². The number of nitro groups is 1. The van der Waals surface area contributed by atoms with E-state index in [0.29, 0.717) is 12.8 Å². The largest absolute Gasteiger partial charge is 0.486 e. The summed E-state index contributed by atoms with van der Waals surface area (Å²) in [5.41, 5.74) is -1.27. The lowest BCUT2D eigenvalue weighted by molar-refractivity contribution is -0.385. The van der Waals surface area contributed by atoms with Crippen LogP contribution in [0.5, 0.6) is 5.75 Å². The highest BCUT2D eigenvalue weighted by molar-refractivity contribution is 6.32. The number of nitrogens with zero attached hydrogens (tertiary/aromatic N) is 1. The van der Waals surface area contributed by atoms with Gasteiger partial charge in [-0.25, -0.2) is 0 Å². The van der Waals surface area contributed by atoms with E-state index in [9.17, 15) is 14.9 Å². The van der Waals surface area contributed by atoms with Crippen molar-refractivity contribution in [2.75, 3.05) is 13.7 Å². The molecule has 1 aromatic carbocycles. The number of ether oxygens (including phenoxy) is 1. The van der Waals surface area contributed by atoms with Crippen LogP contribution in [0.25, 0.3) is 0 Å². The quantitative estimate of drug-likeness (QED) is 0.434. The zero-order valence-corrected chi connectivity index (χ0v) is 12.5. The summed E-state index contributed by atoms with van der Waals surface area (Å²) in [6.07, 6.45) is 0.725. The molecule has 0 heterocycles. The number of hydrogen-bond donors (Lipinski definition) is 2. The van der Waals surface area contributed by atoms with Crippen LogP contribution in [0.2, 0.25) is 5.02 Å². The number of nitro benzene ring substituents is 1. The highest BCUT2D eigenvalue weighted by atomic mass is 35.5. The summed E-state index contributed by atoms with van der Waals surface area (Å²) in [7, 11) is 1.56. The number of carboxylic acid groups (broad SMARTS) is 1. The third kappa shape index (κ3) is 4.30. The normalized spacial score (nSPS) is 13.5. The van der Waals surface area contributed by atoms with Gasteiger partial charge in [0.15, 0.2) is 0 Å². The number of aliphatic carboxylic acids is 1. The maximum absolute atomic E-state index is 11.1. The average molecular weight is 317 g/mol. The van der Waals surface area contributed by atoms with Crippen molar-refractivity contribution in [2.24, 2.45) is 0 Å². The highest BCUT2D eigenvalue weighted by Gasteiger charge is 2.30. The molecular formula is C13H17ClN2O5. The van der Waals surface area contributed by atoms with Crippen LogP contribution >= 0.6 is 11.6 Å². The van der Waals surface area contributed by atoms with E-state index in [1.54, 1.807) is 14.0 Å². The maximum atomic E-state index is 11.1.